The highest BCUT2D eigenvalue weighted by Crippen LogP contribution is 2.40. The van der Waals surface area contributed by atoms with E-state index in [9.17, 15) is 13.2 Å². The third kappa shape index (κ3) is 3.35. The molecule has 0 aliphatic carbocycles. The SMILES string of the molecule is N=Cc1c(N)cccc1-c1nc(N2CCOCC2)c2nc3n(c2n1)CCOC3C(F)(F)F. The number of morpholine rings is 1. The second kappa shape index (κ2) is 7.71. The summed E-state index contributed by atoms with van der Waals surface area (Å²) < 4.78 is 52.7. The standard InChI is InChI=1S/C20H20F3N7O2/c21-20(22,23)15-19-26-14-17(29-4-7-31-8-5-29)27-16(28-18(14)30(19)6-9-32-15)11-2-1-3-13(25)12(11)10-24/h1-3,10,15,24H,4-9,25H2. The van der Waals surface area contributed by atoms with Crippen LogP contribution in [0.3, 0.4) is 0 Å². The van der Waals surface area contributed by atoms with Crippen LogP contribution in [0, 0.1) is 5.41 Å². The Bertz CT molecular complexity index is 1190. The summed E-state index contributed by atoms with van der Waals surface area (Å²) in [5.41, 5.74) is 7.95. The zero-order chi connectivity index (χ0) is 22.5. The molecule has 168 valence electrons. The second-order valence-electron chi connectivity index (χ2n) is 7.51. The summed E-state index contributed by atoms with van der Waals surface area (Å²) in [6.45, 7) is 2.03. The highest BCUT2D eigenvalue weighted by molar-refractivity contribution is 5.95. The number of imidazole rings is 1. The largest absolute Gasteiger partial charge is 0.421 e. The van der Waals surface area contributed by atoms with Gasteiger partial charge in [0.15, 0.2) is 22.8 Å². The number of aromatic nitrogens is 4. The van der Waals surface area contributed by atoms with Gasteiger partial charge >= 0.3 is 6.18 Å². The molecule has 12 heteroatoms. The van der Waals surface area contributed by atoms with Gasteiger partial charge in [0.1, 0.15) is 5.82 Å². The van der Waals surface area contributed by atoms with Crippen LogP contribution >= 0.6 is 0 Å². The summed E-state index contributed by atoms with van der Waals surface area (Å²) in [5, 5.41) is 7.76. The fourth-order valence-corrected chi connectivity index (χ4v) is 4.06. The molecule has 0 spiro atoms. The van der Waals surface area contributed by atoms with Crippen molar-refractivity contribution >= 4 is 28.9 Å². The molecule has 0 saturated carbocycles. The van der Waals surface area contributed by atoms with E-state index in [0.717, 1.165) is 6.21 Å². The lowest BCUT2D eigenvalue weighted by Gasteiger charge is -2.28. The van der Waals surface area contributed by atoms with E-state index in [1.807, 2.05) is 4.90 Å². The number of nitrogens with one attached hydrogen (secondary N) is 1. The molecule has 4 heterocycles. The van der Waals surface area contributed by atoms with Gasteiger partial charge in [-0.2, -0.15) is 13.2 Å². The first-order chi connectivity index (χ1) is 15.4. The molecule has 1 saturated heterocycles. The van der Waals surface area contributed by atoms with Crippen molar-refractivity contribution in [2.75, 3.05) is 43.5 Å². The minimum atomic E-state index is -4.60. The first-order valence-electron chi connectivity index (χ1n) is 10.1. The summed E-state index contributed by atoms with van der Waals surface area (Å²) in [6.07, 6.45) is -5.61. The van der Waals surface area contributed by atoms with Gasteiger partial charge in [0, 0.05) is 42.7 Å². The van der Waals surface area contributed by atoms with Crippen molar-refractivity contribution in [1.29, 1.82) is 5.41 Å². The molecule has 1 fully saturated rings. The molecule has 2 aliphatic rings. The van der Waals surface area contributed by atoms with Crippen LogP contribution in [0.2, 0.25) is 0 Å². The van der Waals surface area contributed by atoms with Crippen LogP contribution in [0.4, 0.5) is 24.7 Å². The number of fused-ring (bicyclic) bond motifs is 3. The van der Waals surface area contributed by atoms with Gasteiger partial charge in [0.25, 0.3) is 0 Å². The van der Waals surface area contributed by atoms with Gasteiger partial charge in [-0.05, 0) is 6.07 Å². The quantitative estimate of drug-likeness (QED) is 0.468. The summed E-state index contributed by atoms with van der Waals surface area (Å²) in [5.74, 6) is 0.455. The van der Waals surface area contributed by atoms with Crippen LogP contribution < -0.4 is 10.6 Å². The van der Waals surface area contributed by atoms with Gasteiger partial charge in [0.05, 0.1) is 19.8 Å². The second-order valence-corrected chi connectivity index (χ2v) is 7.51. The molecule has 0 amide bonds. The average Bonchev–Trinajstić information content (AvgIpc) is 3.17. The van der Waals surface area contributed by atoms with Gasteiger partial charge in [-0.15, -0.1) is 0 Å². The van der Waals surface area contributed by atoms with Gasteiger partial charge in [-0.3, -0.25) is 0 Å². The number of hydrogen-bond acceptors (Lipinski definition) is 8. The molecule has 1 unspecified atom stereocenters. The van der Waals surface area contributed by atoms with Gasteiger partial charge in [-0.25, -0.2) is 15.0 Å². The first kappa shape index (κ1) is 20.6. The van der Waals surface area contributed by atoms with Crippen molar-refractivity contribution in [3.63, 3.8) is 0 Å². The van der Waals surface area contributed by atoms with E-state index in [4.69, 9.17) is 20.6 Å². The minimum Gasteiger partial charge on any atom is -0.398 e. The topological polar surface area (TPSA) is 115 Å². The van der Waals surface area contributed by atoms with Crippen molar-refractivity contribution < 1.29 is 22.6 Å². The number of halogens is 3. The Morgan fingerprint density at radius 2 is 1.88 bits per heavy atom. The van der Waals surface area contributed by atoms with Crippen LogP contribution in [-0.4, -0.2) is 64.8 Å². The van der Waals surface area contributed by atoms with E-state index in [1.54, 1.807) is 18.2 Å². The van der Waals surface area contributed by atoms with Gasteiger partial charge in [0.2, 0.25) is 6.10 Å². The Hall–Kier alpha value is -3.25. The van der Waals surface area contributed by atoms with Crippen LogP contribution in [0.5, 0.6) is 0 Å². The maximum Gasteiger partial charge on any atom is 0.421 e. The number of rotatable bonds is 3. The number of anilines is 2. The van der Waals surface area contributed by atoms with E-state index in [1.165, 1.54) is 4.57 Å². The fourth-order valence-electron chi connectivity index (χ4n) is 4.06. The van der Waals surface area contributed by atoms with Crippen LogP contribution in [0.25, 0.3) is 22.6 Å². The molecule has 32 heavy (non-hydrogen) atoms. The first-order valence-corrected chi connectivity index (χ1v) is 10.1. The molecule has 2 aromatic heterocycles. The lowest BCUT2D eigenvalue weighted by atomic mass is 10.1. The zero-order valence-electron chi connectivity index (χ0n) is 16.9. The summed E-state index contributed by atoms with van der Waals surface area (Å²) in [4.78, 5) is 15.5. The van der Waals surface area contributed by atoms with Gasteiger partial charge in [-0.1, -0.05) is 12.1 Å². The molecule has 0 bridgehead atoms. The molecule has 1 atom stereocenters. The molecule has 3 N–H and O–H groups in total. The Morgan fingerprint density at radius 3 is 2.59 bits per heavy atom. The number of hydrogen-bond donors (Lipinski definition) is 2. The van der Waals surface area contributed by atoms with E-state index >= 15 is 0 Å². The van der Waals surface area contributed by atoms with Crippen molar-refractivity contribution in [1.82, 2.24) is 19.5 Å². The summed E-state index contributed by atoms with van der Waals surface area (Å²) in [7, 11) is 0. The normalized spacial score (nSPS) is 19.2. The smallest absolute Gasteiger partial charge is 0.398 e. The number of nitrogen functional groups attached to an aromatic ring is 1. The van der Waals surface area contributed by atoms with Crippen molar-refractivity contribution in [3.8, 4) is 11.4 Å². The van der Waals surface area contributed by atoms with Crippen LogP contribution in [-0.2, 0) is 16.0 Å². The number of ether oxygens (including phenoxy) is 2. The zero-order valence-corrected chi connectivity index (χ0v) is 16.9. The van der Waals surface area contributed by atoms with Crippen LogP contribution in [0.15, 0.2) is 18.2 Å². The van der Waals surface area contributed by atoms with Gasteiger partial charge < -0.3 is 30.1 Å². The third-order valence-corrected chi connectivity index (χ3v) is 5.57. The van der Waals surface area contributed by atoms with E-state index in [-0.39, 0.29) is 30.3 Å². The maximum absolute atomic E-state index is 13.6. The van der Waals surface area contributed by atoms with E-state index < -0.39 is 12.3 Å². The lowest BCUT2D eigenvalue weighted by molar-refractivity contribution is -0.233. The molecule has 2 aliphatic heterocycles. The summed E-state index contributed by atoms with van der Waals surface area (Å²) >= 11 is 0. The number of benzene rings is 1. The van der Waals surface area contributed by atoms with E-state index in [2.05, 4.69) is 15.0 Å². The third-order valence-electron chi connectivity index (χ3n) is 5.57. The van der Waals surface area contributed by atoms with Crippen molar-refractivity contribution in [2.45, 2.75) is 18.8 Å². The fraction of sp³-hybridized carbons (Fsp3) is 0.400. The molecule has 9 nitrogen and oxygen atoms in total. The molecule has 0 radical (unpaired) electrons. The highest BCUT2D eigenvalue weighted by Gasteiger charge is 2.47. The number of nitrogens with two attached hydrogens (primary N) is 1. The molecule has 1 aromatic carbocycles. The van der Waals surface area contributed by atoms with Crippen LogP contribution in [0.1, 0.15) is 17.5 Å². The molecular weight excluding hydrogens is 427 g/mol. The predicted octanol–water partition coefficient (Wildman–Crippen LogP) is 2.54. The Balaban J connectivity index is 1.77. The minimum absolute atomic E-state index is 0.112. The molecule has 3 aromatic rings. The number of alkyl halides is 3. The highest BCUT2D eigenvalue weighted by atomic mass is 19.4. The van der Waals surface area contributed by atoms with Crippen molar-refractivity contribution in [3.05, 3.63) is 29.6 Å². The maximum atomic E-state index is 13.6. The predicted molar refractivity (Wildman–Crippen MR) is 111 cm³/mol. The lowest BCUT2D eigenvalue weighted by Crippen LogP contribution is -2.37. The Morgan fingerprint density at radius 1 is 1.09 bits per heavy atom. The average molecular weight is 447 g/mol. The monoisotopic (exact) mass is 447 g/mol. The molecular formula is C20H20F3N7O2. The van der Waals surface area contributed by atoms with Crippen molar-refractivity contribution in [2.24, 2.45) is 0 Å². The Labute approximate surface area is 180 Å². The van der Waals surface area contributed by atoms with E-state index in [0.29, 0.717) is 54.6 Å². The number of nitrogens with zero attached hydrogens (tertiary/aromatic N) is 5. The molecule has 5 rings (SSSR count). The Kier molecular flexibility index (Phi) is 4.97. The summed E-state index contributed by atoms with van der Waals surface area (Å²) in [6, 6.07) is 5.12.